The minimum absolute atomic E-state index is 0.247. The van der Waals surface area contributed by atoms with Gasteiger partial charge in [-0.1, -0.05) is 91.0 Å². The fourth-order valence-corrected chi connectivity index (χ4v) is 5.65. The lowest BCUT2D eigenvalue weighted by Gasteiger charge is -2.36. The summed E-state index contributed by atoms with van der Waals surface area (Å²) in [4.78, 5) is 4.13. The maximum atomic E-state index is 15.2. The molecule has 198 valence electrons. The van der Waals surface area contributed by atoms with Gasteiger partial charge in [-0.3, -0.25) is 4.68 Å². The van der Waals surface area contributed by atoms with Crippen LogP contribution in [0.3, 0.4) is 0 Å². The minimum Gasteiger partial charge on any atom is -0.304 e. The van der Waals surface area contributed by atoms with E-state index in [0.29, 0.717) is 16.8 Å². The van der Waals surface area contributed by atoms with E-state index in [1.54, 1.807) is 28.9 Å². The summed E-state index contributed by atoms with van der Waals surface area (Å²) in [5.74, 6) is -0.779. The standard InChI is InChI=1S/C35H24F2N4/c36-30-18-16-25(17-19-30)33-31(26-22-32(37)34-38-20-21-40(34)23-26)24-41(39-33)35(27-10-4-1-5-11-27,28-12-6-2-7-13-28)29-14-8-3-9-15-29/h1-24H. The van der Waals surface area contributed by atoms with Gasteiger partial charge in [0.1, 0.15) is 17.1 Å². The molecule has 0 spiro atoms. The number of aromatic nitrogens is 4. The zero-order chi connectivity index (χ0) is 27.8. The number of halogens is 2. The first kappa shape index (κ1) is 24.7. The van der Waals surface area contributed by atoms with E-state index < -0.39 is 11.4 Å². The van der Waals surface area contributed by atoms with Crippen LogP contribution in [0.25, 0.3) is 28.0 Å². The third-order valence-electron chi connectivity index (χ3n) is 7.50. The molecule has 0 radical (unpaired) electrons. The average Bonchev–Trinajstić information content (AvgIpc) is 3.68. The first-order valence-corrected chi connectivity index (χ1v) is 13.3. The molecule has 0 bridgehead atoms. The van der Waals surface area contributed by atoms with Crippen LogP contribution in [-0.4, -0.2) is 19.2 Å². The van der Waals surface area contributed by atoms with Crippen LogP contribution in [0.1, 0.15) is 16.7 Å². The molecule has 0 saturated carbocycles. The minimum atomic E-state index is -0.867. The number of hydrogen-bond donors (Lipinski definition) is 0. The van der Waals surface area contributed by atoms with Crippen LogP contribution in [0.2, 0.25) is 0 Å². The molecule has 0 N–H and O–H groups in total. The van der Waals surface area contributed by atoms with Crippen molar-refractivity contribution in [3.63, 3.8) is 0 Å². The predicted molar refractivity (Wildman–Crippen MR) is 156 cm³/mol. The number of benzene rings is 4. The monoisotopic (exact) mass is 538 g/mol. The Labute approximate surface area is 235 Å². The second kappa shape index (κ2) is 9.99. The molecule has 6 heteroatoms. The molecule has 0 fully saturated rings. The second-order valence-corrected chi connectivity index (χ2v) is 9.89. The topological polar surface area (TPSA) is 35.1 Å². The molecule has 4 aromatic carbocycles. The lowest BCUT2D eigenvalue weighted by Crippen LogP contribution is -2.38. The van der Waals surface area contributed by atoms with E-state index in [9.17, 15) is 4.39 Å². The van der Waals surface area contributed by atoms with Crippen molar-refractivity contribution in [2.75, 3.05) is 0 Å². The molecular weight excluding hydrogens is 514 g/mol. The van der Waals surface area contributed by atoms with Crippen molar-refractivity contribution in [3.8, 4) is 22.4 Å². The molecule has 0 aliphatic carbocycles. The van der Waals surface area contributed by atoms with Crippen molar-refractivity contribution in [3.05, 3.63) is 174 Å². The second-order valence-electron chi connectivity index (χ2n) is 9.89. The summed E-state index contributed by atoms with van der Waals surface area (Å²) in [7, 11) is 0. The van der Waals surface area contributed by atoms with Crippen LogP contribution in [0.4, 0.5) is 8.78 Å². The van der Waals surface area contributed by atoms with E-state index in [-0.39, 0.29) is 11.5 Å². The Morgan fingerprint density at radius 3 is 1.73 bits per heavy atom. The van der Waals surface area contributed by atoms with Gasteiger partial charge in [-0.2, -0.15) is 5.10 Å². The Balaban J connectivity index is 1.59. The van der Waals surface area contributed by atoms with Gasteiger partial charge in [-0.25, -0.2) is 13.8 Å². The average molecular weight is 539 g/mol. The van der Waals surface area contributed by atoms with Crippen molar-refractivity contribution >= 4 is 5.65 Å². The predicted octanol–water partition coefficient (Wildman–Crippen LogP) is 7.98. The Bertz CT molecular complexity index is 1850. The highest BCUT2D eigenvalue weighted by atomic mass is 19.1. The lowest BCUT2D eigenvalue weighted by atomic mass is 9.77. The lowest BCUT2D eigenvalue weighted by molar-refractivity contribution is 0.461. The van der Waals surface area contributed by atoms with Gasteiger partial charge in [-0.05, 0) is 47.0 Å². The molecule has 7 aromatic rings. The first-order chi connectivity index (χ1) is 20.1. The van der Waals surface area contributed by atoms with Crippen LogP contribution in [0.15, 0.2) is 146 Å². The van der Waals surface area contributed by atoms with Crippen LogP contribution in [0, 0.1) is 11.6 Å². The number of imidazole rings is 1. The maximum Gasteiger partial charge on any atom is 0.173 e. The van der Waals surface area contributed by atoms with Gasteiger partial charge in [-0.15, -0.1) is 0 Å². The van der Waals surface area contributed by atoms with E-state index in [2.05, 4.69) is 41.4 Å². The van der Waals surface area contributed by atoms with Crippen molar-refractivity contribution in [1.82, 2.24) is 19.2 Å². The number of rotatable bonds is 6. The molecule has 0 atom stereocenters. The highest BCUT2D eigenvalue weighted by molar-refractivity contribution is 5.81. The van der Waals surface area contributed by atoms with Crippen LogP contribution >= 0.6 is 0 Å². The summed E-state index contributed by atoms with van der Waals surface area (Å²) in [6.45, 7) is 0. The van der Waals surface area contributed by atoms with Gasteiger partial charge in [0.2, 0.25) is 0 Å². The fourth-order valence-electron chi connectivity index (χ4n) is 5.65. The van der Waals surface area contributed by atoms with Gasteiger partial charge in [0, 0.05) is 41.5 Å². The van der Waals surface area contributed by atoms with Gasteiger partial charge >= 0.3 is 0 Å². The highest BCUT2D eigenvalue weighted by Gasteiger charge is 2.40. The molecular formula is C35H24F2N4. The largest absolute Gasteiger partial charge is 0.304 e. The third kappa shape index (κ3) is 4.12. The summed E-state index contributed by atoms with van der Waals surface area (Å²) in [6, 6.07) is 38.3. The molecule has 7 rings (SSSR count). The summed E-state index contributed by atoms with van der Waals surface area (Å²) >= 11 is 0. The molecule has 0 amide bonds. The summed E-state index contributed by atoms with van der Waals surface area (Å²) < 4.78 is 32.8. The molecule has 4 nitrogen and oxygen atoms in total. The Morgan fingerprint density at radius 1 is 0.610 bits per heavy atom. The molecule has 0 unspecified atom stereocenters. The Kier molecular flexibility index (Phi) is 6.01. The van der Waals surface area contributed by atoms with Crippen LogP contribution in [-0.2, 0) is 5.54 Å². The molecule has 41 heavy (non-hydrogen) atoms. The molecule has 3 aromatic heterocycles. The number of nitrogens with zero attached hydrogens (tertiary/aromatic N) is 4. The summed E-state index contributed by atoms with van der Waals surface area (Å²) in [6.07, 6.45) is 7.09. The quantitative estimate of drug-likeness (QED) is 0.201. The van der Waals surface area contributed by atoms with Gasteiger partial charge in [0.05, 0.1) is 0 Å². The highest BCUT2D eigenvalue weighted by Crippen LogP contribution is 2.43. The van der Waals surface area contributed by atoms with E-state index in [1.165, 1.54) is 18.2 Å². The van der Waals surface area contributed by atoms with E-state index in [4.69, 9.17) is 5.10 Å². The number of hydrogen-bond acceptors (Lipinski definition) is 2. The van der Waals surface area contributed by atoms with Gasteiger partial charge < -0.3 is 4.40 Å². The smallest absolute Gasteiger partial charge is 0.173 e. The molecule has 3 heterocycles. The van der Waals surface area contributed by atoms with Crippen LogP contribution < -0.4 is 0 Å². The van der Waals surface area contributed by atoms with E-state index in [1.807, 2.05) is 71.7 Å². The Morgan fingerprint density at radius 2 is 1.17 bits per heavy atom. The van der Waals surface area contributed by atoms with Crippen molar-refractivity contribution in [2.24, 2.45) is 0 Å². The molecule has 0 aliphatic heterocycles. The number of pyridine rings is 1. The molecule has 0 aliphatic rings. The normalized spacial score (nSPS) is 11.7. The first-order valence-electron chi connectivity index (χ1n) is 13.3. The Hall–Kier alpha value is -5.36. The van der Waals surface area contributed by atoms with Crippen LogP contribution in [0.5, 0.6) is 0 Å². The SMILES string of the molecule is Fc1ccc(-c2nn(C(c3ccccc3)(c3ccccc3)c3ccccc3)cc2-c2cc(F)c3nccn3c2)cc1. The molecule has 0 saturated heterocycles. The maximum absolute atomic E-state index is 15.2. The zero-order valence-electron chi connectivity index (χ0n) is 21.9. The zero-order valence-corrected chi connectivity index (χ0v) is 21.9. The van der Waals surface area contributed by atoms with Gasteiger partial charge in [0.25, 0.3) is 0 Å². The van der Waals surface area contributed by atoms with Crippen molar-refractivity contribution in [2.45, 2.75) is 5.54 Å². The summed E-state index contributed by atoms with van der Waals surface area (Å²) in [5, 5.41) is 5.23. The summed E-state index contributed by atoms with van der Waals surface area (Å²) in [5.41, 5.74) is 5.06. The van der Waals surface area contributed by atoms with E-state index in [0.717, 1.165) is 22.3 Å². The van der Waals surface area contributed by atoms with Crippen molar-refractivity contribution < 1.29 is 8.78 Å². The number of fused-ring (bicyclic) bond motifs is 1. The van der Waals surface area contributed by atoms with Gasteiger partial charge in [0.15, 0.2) is 11.5 Å². The van der Waals surface area contributed by atoms with E-state index >= 15 is 4.39 Å². The third-order valence-corrected chi connectivity index (χ3v) is 7.50. The fraction of sp³-hybridized carbons (Fsp3) is 0.0286. The van der Waals surface area contributed by atoms with Crippen molar-refractivity contribution in [1.29, 1.82) is 0 Å².